The molecule has 0 saturated heterocycles. The summed E-state index contributed by atoms with van der Waals surface area (Å²) in [5.74, 6) is -0.956. The van der Waals surface area contributed by atoms with Crippen molar-refractivity contribution in [1.82, 2.24) is 0 Å². The molecule has 0 unspecified atom stereocenters. The first-order valence-electron chi connectivity index (χ1n) is 10.7. The Balaban J connectivity index is 1.40. The van der Waals surface area contributed by atoms with Gasteiger partial charge in [0.15, 0.2) is 17.5 Å². The van der Waals surface area contributed by atoms with E-state index in [1.54, 1.807) is 0 Å². The molecule has 3 rings (SSSR count). The molecule has 0 heterocycles. The Morgan fingerprint density at radius 2 is 1.38 bits per heavy atom. The van der Waals surface area contributed by atoms with E-state index in [2.05, 4.69) is 6.92 Å². The molecule has 2 saturated carbocycles. The van der Waals surface area contributed by atoms with E-state index in [4.69, 9.17) is 0 Å². The fourth-order valence-corrected chi connectivity index (χ4v) is 7.29. The Hall–Kier alpha value is -0.773. The Labute approximate surface area is 158 Å². The second-order valence-corrected chi connectivity index (χ2v) is 11.5. The van der Waals surface area contributed by atoms with E-state index in [0.717, 1.165) is 35.9 Å². The van der Waals surface area contributed by atoms with Crippen LogP contribution in [-0.4, -0.2) is 9.52 Å². The summed E-state index contributed by atoms with van der Waals surface area (Å²) >= 11 is 0. The molecule has 1 aromatic rings. The normalized spacial score (nSPS) is 30.2. The number of hydrogen-bond acceptors (Lipinski definition) is 0. The first-order chi connectivity index (χ1) is 12.6. The average molecular weight is 383 g/mol. The fraction of sp³-hybridized carbons (Fsp3) is 0.727. The standard InChI is InChI=1S/C22H33F3Si/c1-2-26-19-11-9-18(10-12-19)17-7-5-15(6-8-17)3-4-16-13-20(23)22(25)21(24)14-16/h13-15,17-19H,2-12,26H2,1H3/t15?,17?,18-,19-. The van der Waals surface area contributed by atoms with Gasteiger partial charge in [-0.3, -0.25) is 0 Å². The highest BCUT2D eigenvalue weighted by Gasteiger charge is 2.30. The molecule has 0 nitrogen and oxygen atoms in total. The van der Waals surface area contributed by atoms with Gasteiger partial charge in [0.25, 0.3) is 0 Å². The summed E-state index contributed by atoms with van der Waals surface area (Å²) in [5.41, 5.74) is 1.70. The van der Waals surface area contributed by atoms with Gasteiger partial charge in [0.2, 0.25) is 0 Å². The van der Waals surface area contributed by atoms with Crippen molar-refractivity contribution in [2.45, 2.75) is 82.7 Å². The van der Waals surface area contributed by atoms with Gasteiger partial charge < -0.3 is 0 Å². The molecule has 0 N–H and O–H groups in total. The van der Waals surface area contributed by atoms with Crippen molar-refractivity contribution in [3.8, 4) is 0 Å². The van der Waals surface area contributed by atoms with Crippen molar-refractivity contribution in [3.05, 3.63) is 35.1 Å². The average Bonchev–Trinajstić information content (AvgIpc) is 2.66. The molecule has 2 fully saturated rings. The molecule has 26 heavy (non-hydrogen) atoms. The highest BCUT2D eigenvalue weighted by Crippen LogP contribution is 2.43. The van der Waals surface area contributed by atoms with E-state index in [9.17, 15) is 13.2 Å². The summed E-state index contributed by atoms with van der Waals surface area (Å²) in [7, 11) is 0.198. The third-order valence-corrected chi connectivity index (χ3v) is 9.24. The van der Waals surface area contributed by atoms with Gasteiger partial charge >= 0.3 is 0 Å². The molecule has 0 bridgehead atoms. The van der Waals surface area contributed by atoms with Crippen molar-refractivity contribution in [2.24, 2.45) is 17.8 Å². The van der Waals surface area contributed by atoms with Crippen LogP contribution in [0.5, 0.6) is 0 Å². The molecule has 4 heteroatoms. The first kappa shape index (κ1) is 20.0. The van der Waals surface area contributed by atoms with Crippen molar-refractivity contribution < 1.29 is 13.2 Å². The summed E-state index contributed by atoms with van der Waals surface area (Å²) in [6.45, 7) is 2.36. The molecule has 146 valence electrons. The zero-order valence-electron chi connectivity index (χ0n) is 16.1. The van der Waals surface area contributed by atoms with Crippen LogP contribution in [-0.2, 0) is 6.42 Å². The van der Waals surface area contributed by atoms with Crippen LogP contribution in [0.25, 0.3) is 0 Å². The summed E-state index contributed by atoms with van der Waals surface area (Å²) < 4.78 is 39.7. The number of hydrogen-bond donors (Lipinski definition) is 0. The van der Waals surface area contributed by atoms with Crippen molar-refractivity contribution in [3.63, 3.8) is 0 Å². The second-order valence-electron chi connectivity index (χ2n) is 8.76. The van der Waals surface area contributed by atoms with Gasteiger partial charge in [-0.15, -0.1) is 0 Å². The van der Waals surface area contributed by atoms with Gasteiger partial charge in [-0.25, -0.2) is 13.2 Å². The van der Waals surface area contributed by atoms with Crippen LogP contribution in [0.1, 0.15) is 70.3 Å². The largest absolute Gasteiger partial charge is 0.204 e. The van der Waals surface area contributed by atoms with Crippen molar-refractivity contribution in [1.29, 1.82) is 0 Å². The maximum absolute atomic E-state index is 13.3. The molecule has 0 amide bonds. The van der Waals surface area contributed by atoms with Crippen LogP contribution < -0.4 is 0 Å². The minimum Gasteiger partial charge on any atom is -0.204 e. The number of halogens is 3. The molecular formula is C22H33F3Si. The molecule has 0 radical (unpaired) electrons. The minimum absolute atomic E-state index is 0.198. The van der Waals surface area contributed by atoms with E-state index in [-0.39, 0.29) is 9.52 Å². The number of rotatable bonds is 6. The van der Waals surface area contributed by atoms with Crippen molar-refractivity contribution in [2.75, 3.05) is 0 Å². The predicted octanol–water partition coefficient (Wildman–Crippen LogP) is 6.43. The van der Waals surface area contributed by atoms with Crippen LogP contribution in [0.4, 0.5) is 13.2 Å². The lowest BCUT2D eigenvalue weighted by atomic mass is 9.70. The zero-order chi connectivity index (χ0) is 18.5. The maximum atomic E-state index is 13.3. The quantitative estimate of drug-likeness (QED) is 0.393. The lowest BCUT2D eigenvalue weighted by molar-refractivity contribution is 0.163. The molecule has 2 aliphatic carbocycles. The summed E-state index contributed by atoms with van der Waals surface area (Å²) in [6.07, 6.45) is 12.7. The lowest BCUT2D eigenvalue weighted by Gasteiger charge is -2.38. The van der Waals surface area contributed by atoms with Gasteiger partial charge in [-0.05, 0) is 61.1 Å². The van der Waals surface area contributed by atoms with Gasteiger partial charge in [-0.2, -0.15) is 0 Å². The summed E-state index contributed by atoms with van der Waals surface area (Å²) in [5, 5.41) is 0. The van der Waals surface area contributed by atoms with E-state index in [1.165, 1.54) is 57.4 Å². The molecule has 0 aromatic heterocycles. The van der Waals surface area contributed by atoms with E-state index < -0.39 is 17.5 Å². The van der Waals surface area contributed by atoms with E-state index in [1.807, 2.05) is 0 Å². The van der Waals surface area contributed by atoms with Crippen LogP contribution in [0, 0.1) is 35.2 Å². The Kier molecular flexibility index (Phi) is 7.25. The van der Waals surface area contributed by atoms with Gasteiger partial charge in [0, 0.05) is 9.52 Å². The third kappa shape index (κ3) is 5.14. The van der Waals surface area contributed by atoms with Crippen molar-refractivity contribution >= 4 is 9.52 Å². The molecule has 0 aliphatic heterocycles. The second kappa shape index (κ2) is 9.43. The highest BCUT2D eigenvalue weighted by atomic mass is 28.2. The zero-order valence-corrected chi connectivity index (χ0v) is 17.5. The van der Waals surface area contributed by atoms with Crippen LogP contribution >= 0.6 is 0 Å². The van der Waals surface area contributed by atoms with E-state index in [0.29, 0.717) is 17.9 Å². The first-order valence-corrected chi connectivity index (χ1v) is 12.5. The van der Waals surface area contributed by atoms with Gasteiger partial charge in [-0.1, -0.05) is 57.0 Å². The Bertz CT molecular complexity index is 550. The third-order valence-electron chi connectivity index (χ3n) is 7.03. The Morgan fingerprint density at radius 1 is 0.846 bits per heavy atom. The molecule has 0 atom stereocenters. The van der Waals surface area contributed by atoms with E-state index >= 15 is 0 Å². The topological polar surface area (TPSA) is 0 Å². The lowest BCUT2D eigenvalue weighted by Crippen LogP contribution is -2.25. The van der Waals surface area contributed by atoms with Crippen LogP contribution in [0.3, 0.4) is 0 Å². The molecule has 2 aliphatic rings. The molecule has 0 spiro atoms. The fourth-order valence-electron chi connectivity index (χ4n) is 5.43. The SMILES string of the molecule is CC[SiH2][C@H]1CC[C@H](C2CCC(CCc3cc(F)c(F)c(F)c3)CC2)CC1. The molecule has 1 aromatic carbocycles. The maximum Gasteiger partial charge on any atom is 0.194 e. The predicted molar refractivity (Wildman–Crippen MR) is 105 cm³/mol. The monoisotopic (exact) mass is 382 g/mol. The minimum atomic E-state index is -1.36. The van der Waals surface area contributed by atoms with Gasteiger partial charge in [0.1, 0.15) is 0 Å². The molecular weight excluding hydrogens is 349 g/mol. The Morgan fingerprint density at radius 3 is 1.92 bits per heavy atom. The van der Waals surface area contributed by atoms with Crippen LogP contribution in [0.15, 0.2) is 12.1 Å². The number of benzene rings is 1. The smallest absolute Gasteiger partial charge is 0.194 e. The summed E-state index contributed by atoms with van der Waals surface area (Å²) in [6, 6.07) is 3.77. The van der Waals surface area contributed by atoms with Gasteiger partial charge in [0.05, 0.1) is 0 Å². The van der Waals surface area contributed by atoms with Crippen LogP contribution in [0.2, 0.25) is 11.6 Å². The number of aryl methyl sites for hydroxylation is 1. The highest BCUT2D eigenvalue weighted by molar-refractivity contribution is 6.37. The summed E-state index contributed by atoms with van der Waals surface area (Å²) in [4.78, 5) is 0.